The minimum atomic E-state index is -1.69. The van der Waals surface area contributed by atoms with Crippen LogP contribution in [0.15, 0.2) is 104 Å². The van der Waals surface area contributed by atoms with Crippen molar-refractivity contribution < 1.29 is 4.74 Å². The summed E-state index contributed by atoms with van der Waals surface area (Å²) in [7, 11) is -1.69. The van der Waals surface area contributed by atoms with Gasteiger partial charge in [-0.25, -0.2) is 0 Å². The molecule has 0 saturated carbocycles. The predicted octanol–water partition coefficient (Wildman–Crippen LogP) is 5.35. The minimum Gasteiger partial charge on any atom is -0.381 e. The van der Waals surface area contributed by atoms with Crippen LogP contribution in [0.25, 0.3) is 0 Å². The van der Waals surface area contributed by atoms with Gasteiger partial charge in [0.15, 0.2) is 0 Å². The van der Waals surface area contributed by atoms with Crippen LogP contribution >= 0.6 is 7.26 Å². The standard InChI is InChI=1S/C26H30OP/c1-2-3-21-27-22-13-14-23-28(24-15-7-4-8-16-24,25-17-9-5-10-18-25)26-19-11-6-12-20-26/h2,4-12,15-20H,1,3,13-14,21-23H2/q+1. The molecule has 3 aromatic rings. The van der Waals surface area contributed by atoms with E-state index in [1.807, 2.05) is 6.08 Å². The van der Waals surface area contributed by atoms with Gasteiger partial charge in [-0.2, -0.15) is 0 Å². The van der Waals surface area contributed by atoms with E-state index in [9.17, 15) is 0 Å². The maximum absolute atomic E-state index is 5.75. The van der Waals surface area contributed by atoms with Crippen LogP contribution in [0.1, 0.15) is 19.3 Å². The molecule has 0 fully saturated rings. The molecule has 0 heterocycles. The number of benzene rings is 3. The molecule has 0 unspecified atom stereocenters. The van der Waals surface area contributed by atoms with E-state index in [0.29, 0.717) is 0 Å². The summed E-state index contributed by atoms with van der Waals surface area (Å²) in [5, 5.41) is 4.37. The Morgan fingerprint density at radius 3 is 1.54 bits per heavy atom. The molecule has 0 spiro atoms. The van der Waals surface area contributed by atoms with Crippen molar-refractivity contribution in [3.8, 4) is 0 Å². The number of hydrogen-bond acceptors (Lipinski definition) is 1. The van der Waals surface area contributed by atoms with Crippen LogP contribution in [0.3, 0.4) is 0 Å². The number of unbranched alkanes of at least 4 members (excludes halogenated alkanes) is 1. The lowest BCUT2D eigenvalue weighted by molar-refractivity contribution is 0.136. The maximum Gasteiger partial charge on any atom is 0.112 e. The van der Waals surface area contributed by atoms with E-state index in [0.717, 1.165) is 38.6 Å². The van der Waals surface area contributed by atoms with Crippen molar-refractivity contribution in [3.05, 3.63) is 104 Å². The molecule has 0 aliphatic rings. The minimum absolute atomic E-state index is 0.778. The van der Waals surface area contributed by atoms with Crippen molar-refractivity contribution in [1.82, 2.24) is 0 Å². The number of ether oxygens (including phenoxy) is 1. The van der Waals surface area contributed by atoms with E-state index in [-0.39, 0.29) is 0 Å². The lowest BCUT2D eigenvalue weighted by Crippen LogP contribution is -2.33. The average molecular weight is 389 g/mol. The SMILES string of the molecule is C=CCCOCCCC[P+](c1ccccc1)(c1ccccc1)c1ccccc1. The first-order valence-electron chi connectivity index (χ1n) is 10.1. The molecule has 144 valence electrons. The quantitative estimate of drug-likeness (QED) is 0.244. The van der Waals surface area contributed by atoms with Crippen molar-refractivity contribution in [1.29, 1.82) is 0 Å². The summed E-state index contributed by atoms with van der Waals surface area (Å²) in [4.78, 5) is 0. The topological polar surface area (TPSA) is 9.23 Å². The molecule has 1 nitrogen and oxygen atoms in total. The summed E-state index contributed by atoms with van der Waals surface area (Å²) in [6.07, 6.45) is 6.24. The van der Waals surface area contributed by atoms with Crippen LogP contribution in [0.5, 0.6) is 0 Å². The van der Waals surface area contributed by atoms with Gasteiger partial charge in [0.1, 0.15) is 23.2 Å². The first-order chi connectivity index (χ1) is 13.9. The molecule has 3 rings (SSSR count). The van der Waals surface area contributed by atoms with E-state index in [4.69, 9.17) is 4.74 Å². The molecular weight excluding hydrogens is 359 g/mol. The van der Waals surface area contributed by atoms with Gasteiger partial charge in [-0.05, 0) is 55.7 Å². The van der Waals surface area contributed by atoms with Gasteiger partial charge in [0.2, 0.25) is 0 Å². The summed E-state index contributed by atoms with van der Waals surface area (Å²) in [6, 6.07) is 33.3. The van der Waals surface area contributed by atoms with E-state index in [2.05, 4.69) is 97.6 Å². The van der Waals surface area contributed by atoms with Gasteiger partial charge < -0.3 is 4.74 Å². The normalized spacial score (nSPS) is 11.3. The van der Waals surface area contributed by atoms with Crippen LogP contribution < -0.4 is 15.9 Å². The highest BCUT2D eigenvalue weighted by molar-refractivity contribution is 7.95. The lowest BCUT2D eigenvalue weighted by atomic mass is 10.3. The summed E-state index contributed by atoms with van der Waals surface area (Å²) >= 11 is 0. The molecule has 0 aliphatic heterocycles. The average Bonchev–Trinajstić information content (AvgIpc) is 2.78. The molecule has 0 atom stereocenters. The van der Waals surface area contributed by atoms with Crippen molar-refractivity contribution >= 4 is 23.2 Å². The Hall–Kier alpha value is -2.21. The molecule has 0 saturated heterocycles. The fourth-order valence-electron chi connectivity index (χ4n) is 3.70. The highest BCUT2D eigenvalue weighted by atomic mass is 31.2. The molecule has 28 heavy (non-hydrogen) atoms. The molecule has 0 amide bonds. The highest BCUT2D eigenvalue weighted by Gasteiger charge is 2.44. The molecule has 2 heteroatoms. The highest BCUT2D eigenvalue weighted by Crippen LogP contribution is 2.55. The third kappa shape index (κ3) is 4.98. The molecule has 0 bridgehead atoms. The van der Waals surface area contributed by atoms with Crippen molar-refractivity contribution in [2.75, 3.05) is 19.4 Å². The van der Waals surface area contributed by atoms with Crippen LogP contribution in [0.4, 0.5) is 0 Å². The molecular formula is C26H30OP+. The second kappa shape index (κ2) is 11.0. The monoisotopic (exact) mass is 389 g/mol. The molecule has 0 aromatic heterocycles. The predicted molar refractivity (Wildman–Crippen MR) is 125 cm³/mol. The Bertz CT molecular complexity index is 718. The van der Waals surface area contributed by atoms with E-state index < -0.39 is 7.26 Å². The summed E-state index contributed by atoms with van der Waals surface area (Å²) in [5.74, 6) is 0. The first-order valence-corrected chi connectivity index (χ1v) is 12.1. The van der Waals surface area contributed by atoms with Gasteiger partial charge in [0, 0.05) is 13.2 Å². The third-order valence-corrected chi connectivity index (χ3v) is 9.62. The Labute approximate surface area is 170 Å². The zero-order valence-corrected chi connectivity index (χ0v) is 17.4. The van der Waals surface area contributed by atoms with Gasteiger partial charge in [0.05, 0.1) is 6.16 Å². The van der Waals surface area contributed by atoms with Crippen LogP contribution in [-0.2, 0) is 4.74 Å². The first kappa shape index (κ1) is 20.5. The van der Waals surface area contributed by atoms with Gasteiger partial charge in [-0.1, -0.05) is 60.7 Å². The van der Waals surface area contributed by atoms with Gasteiger partial charge >= 0.3 is 0 Å². The second-order valence-corrected chi connectivity index (χ2v) is 10.6. The second-order valence-electron chi connectivity index (χ2n) is 6.94. The summed E-state index contributed by atoms with van der Waals surface area (Å²) in [6.45, 7) is 5.36. The van der Waals surface area contributed by atoms with E-state index in [1.54, 1.807) is 0 Å². The summed E-state index contributed by atoms with van der Waals surface area (Å²) in [5.41, 5.74) is 0. The van der Waals surface area contributed by atoms with Gasteiger partial charge in [-0.15, -0.1) is 6.58 Å². The number of rotatable bonds is 11. The zero-order chi connectivity index (χ0) is 19.5. The molecule has 0 aliphatic carbocycles. The maximum atomic E-state index is 5.75. The van der Waals surface area contributed by atoms with Crippen LogP contribution in [-0.4, -0.2) is 19.4 Å². The van der Waals surface area contributed by atoms with Gasteiger partial charge in [-0.3, -0.25) is 0 Å². The molecule has 0 N–H and O–H groups in total. The Balaban J connectivity index is 1.92. The largest absolute Gasteiger partial charge is 0.381 e. The van der Waals surface area contributed by atoms with Gasteiger partial charge in [0.25, 0.3) is 0 Å². The fourth-order valence-corrected chi connectivity index (χ4v) is 8.11. The molecule has 3 aromatic carbocycles. The van der Waals surface area contributed by atoms with E-state index in [1.165, 1.54) is 15.9 Å². The van der Waals surface area contributed by atoms with Crippen molar-refractivity contribution in [3.63, 3.8) is 0 Å². The Morgan fingerprint density at radius 1 is 0.643 bits per heavy atom. The lowest BCUT2D eigenvalue weighted by Gasteiger charge is -2.27. The molecule has 0 radical (unpaired) electrons. The number of hydrogen-bond donors (Lipinski definition) is 0. The Kier molecular flexibility index (Phi) is 8.03. The van der Waals surface area contributed by atoms with E-state index >= 15 is 0 Å². The van der Waals surface area contributed by atoms with Crippen molar-refractivity contribution in [2.24, 2.45) is 0 Å². The zero-order valence-electron chi connectivity index (χ0n) is 16.5. The fraction of sp³-hybridized carbons (Fsp3) is 0.231. The smallest absolute Gasteiger partial charge is 0.112 e. The van der Waals surface area contributed by atoms with Crippen LogP contribution in [0, 0.1) is 0 Å². The Morgan fingerprint density at radius 2 is 1.11 bits per heavy atom. The third-order valence-electron chi connectivity index (χ3n) is 5.09. The van der Waals surface area contributed by atoms with Crippen LogP contribution in [0.2, 0.25) is 0 Å². The van der Waals surface area contributed by atoms with Crippen molar-refractivity contribution in [2.45, 2.75) is 19.3 Å². The summed E-state index contributed by atoms with van der Waals surface area (Å²) < 4.78 is 5.75.